The maximum Gasteiger partial charge on any atom is 0.251 e. The molecule has 3 aromatic rings. The molecule has 1 aromatic carbocycles. The van der Waals surface area contributed by atoms with Crippen molar-refractivity contribution in [2.75, 3.05) is 7.05 Å². The van der Waals surface area contributed by atoms with Crippen LogP contribution in [0.1, 0.15) is 28.4 Å². The summed E-state index contributed by atoms with van der Waals surface area (Å²) in [5, 5.41) is 3.93. The summed E-state index contributed by atoms with van der Waals surface area (Å²) in [4.78, 5) is 35.0. The SMILES string of the molecule is CN1C(=O)C[C@@H](NC(=O)c2ccc3ncccc3c2)[C@@H]1c1cccnc1. The van der Waals surface area contributed by atoms with Crippen molar-refractivity contribution in [1.29, 1.82) is 0 Å². The molecule has 1 aliphatic rings. The van der Waals surface area contributed by atoms with E-state index in [1.165, 1.54) is 0 Å². The first-order valence-electron chi connectivity index (χ1n) is 8.45. The summed E-state index contributed by atoms with van der Waals surface area (Å²) in [5.41, 5.74) is 2.30. The van der Waals surface area contributed by atoms with Crippen molar-refractivity contribution in [3.63, 3.8) is 0 Å². The number of rotatable bonds is 3. The third-order valence-electron chi connectivity index (χ3n) is 4.79. The number of likely N-dealkylation sites (tertiary alicyclic amines) is 1. The van der Waals surface area contributed by atoms with Gasteiger partial charge in [-0.2, -0.15) is 0 Å². The number of carbonyl (C=O) groups is 2. The highest BCUT2D eigenvalue weighted by Crippen LogP contribution is 2.31. The highest BCUT2D eigenvalue weighted by atomic mass is 16.2. The van der Waals surface area contributed by atoms with Gasteiger partial charge in [-0.3, -0.25) is 19.6 Å². The number of nitrogens with zero attached hydrogens (tertiary/aromatic N) is 3. The Morgan fingerprint density at radius 1 is 1.19 bits per heavy atom. The zero-order chi connectivity index (χ0) is 18.1. The standard InChI is InChI=1S/C20H18N4O2/c1-24-18(25)11-17(19(24)15-5-2-8-21-12-15)23-20(26)14-6-7-16-13(10-14)4-3-9-22-16/h2-10,12,17,19H,11H2,1H3,(H,23,26)/t17-,19+/m1/s1. The van der Waals surface area contributed by atoms with Crippen LogP contribution in [0.25, 0.3) is 10.9 Å². The summed E-state index contributed by atoms with van der Waals surface area (Å²) in [6.07, 6.45) is 5.43. The Morgan fingerprint density at radius 2 is 2.04 bits per heavy atom. The zero-order valence-corrected chi connectivity index (χ0v) is 14.3. The van der Waals surface area contributed by atoms with Crippen LogP contribution in [0.5, 0.6) is 0 Å². The van der Waals surface area contributed by atoms with Crippen molar-refractivity contribution in [1.82, 2.24) is 20.2 Å². The summed E-state index contributed by atoms with van der Waals surface area (Å²) >= 11 is 0. The number of likely N-dealkylation sites (N-methyl/N-ethyl adjacent to an activating group) is 1. The fourth-order valence-corrected chi connectivity index (χ4v) is 3.47. The normalized spacial score (nSPS) is 19.7. The van der Waals surface area contributed by atoms with Crippen molar-refractivity contribution in [3.05, 3.63) is 72.2 Å². The smallest absolute Gasteiger partial charge is 0.251 e. The number of carbonyl (C=O) groups excluding carboxylic acids is 2. The Hall–Kier alpha value is -3.28. The Kier molecular flexibility index (Phi) is 4.08. The van der Waals surface area contributed by atoms with Gasteiger partial charge in [-0.15, -0.1) is 0 Å². The summed E-state index contributed by atoms with van der Waals surface area (Å²) in [6, 6.07) is 12.4. The van der Waals surface area contributed by atoms with Gasteiger partial charge in [0.15, 0.2) is 0 Å². The second kappa shape index (κ2) is 6.55. The van der Waals surface area contributed by atoms with E-state index in [-0.39, 0.29) is 30.3 Å². The first-order valence-corrected chi connectivity index (χ1v) is 8.45. The molecule has 1 aliphatic heterocycles. The van der Waals surface area contributed by atoms with Gasteiger partial charge in [0.25, 0.3) is 5.91 Å². The van der Waals surface area contributed by atoms with Gasteiger partial charge in [0.2, 0.25) is 5.91 Å². The number of aromatic nitrogens is 2. The fourth-order valence-electron chi connectivity index (χ4n) is 3.47. The molecule has 6 nitrogen and oxygen atoms in total. The molecule has 0 bridgehead atoms. The molecular weight excluding hydrogens is 328 g/mol. The van der Waals surface area contributed by atoms with Crippen LogP contribution in [-0.2, 0) is 4.79 Å². The Balaban J connectivity index is 1.60. The van der Waals surface area contributed by atoms with Crippen LogP contribution in [-0.4, -0.2) is 39.8 Å². The van der Waals surface area contributed by atoms with Crippen molar-refractivity contribution < 1.29 is 9.59 Å². The van der Waals surface area contributed by atoms with Gasteiger partial charge in [-0.25, -0.2) is 0 Å². The highest BCUT2D eigenvalue weighted by Gasteiger charge is 2.39. The van der Waals surface area contributed by atoms with E-state index in [1.54, 1.807) is 36.6 Å². The number of benzene rings is 1. The molecule has 0 spiro atoms. The molecule has 4 rings (SSSR count). The van der Waals surface area contributed by atoms with Gasteiger partial charge in [0, 0.05) is 43.0 Å². The Labute approximate surface area is 150 Å². The quantitative estimate of drug-likeness (QED) is 0.790. The van der Waals surface area contributed by atoms with E-state index in [1.807, 2.05) is 36.4 Å². The molecule has 3 heterocycles. The molecule has 130 valence electrons. The number of pyridine rings is 2. The molecule has 1 saturated heterocycles. The maximum absolute atomic E-state index is 12.8. The lowest BCUT2D eigenvalue weighted by Crippen LogP contribution is -2.39. The number of amides is 2. The molecule has 2 aromatic heterocycles. The minimum Gasteiger partial charge on any atom is -0.346 e. The van der Waals surface area contributed by atoms with Crippen molar-refractivity contribution in [2.24, 2.45) is 0 Å². The van der Waals surface area contributed by atoms with Crippen molar-refractivity contribution in [2.45, 2.75) is 18.5 Å². The average Bonchev–Trinajstić information content (AvgIpc) is 2.95. The minimum absolute atomic E-state index is 0.00636. The molecule has 0 radical (unpaired) electrons. The highest BCUT2D eigenvalue weighted by molar-refractivity contribution is 5.98. The second-order valence-corrected chi connectivity index (χ2v) is 6.43. The molecular formula is C20H18N4O2. The van der Waals surface area contributed by atoms with Gasteiger partial charge < -0.3 is 10.2 Å². The van der Waals surface area contributed by atoms with E-state index in [4.69, 9.17) is 0 Å². The lowest BCUT2D eigenvalue weighted by Gasteiger charge is -2.25. The van der Waals surface area contributed by atoms with Crippen molar-refractivity contribution in [3.8, 4) is 0 Å². The van der Waals surface area contributed by atoms with E-state index in [2.05, 4.69) is 15.3 Å². The van der Waals surface area contributed by atoms with Crippen LogP contribution < -0.4 is 5.32 Å². The molecule has 0 unspecified atom stereocenters. The predicted octanol–water partition coefficient (Wildman–Crippen LogP) is 2.33. The van der Waals surface area contributed by atoms with Crippen LogP contribution in [0.3, 0.4) is 0 Å². The van der Waals surface area contributed by atoms with Gasteiger partial charge in [-0.05, 0) is 35.9 Å². The van der Waals surface area contributed by atoms with E-state index in [9.17, 15) is 9.59 Å². The summed E-state index contributed by atoms with van der Waals surface area (Å²) < 4.78 is 0. The van der Waals surface area contributed by atoms with Crippen LogP contribution in [0.15, 0.2) is 61.1 Å². The third-order valence-corrected chi connectivity index (χ3v) is 4.79. The number of nitrogens with one attached hydrogen (secondary N) is 1. The van der Waals surface area contributed by atoms with Gasteiger partial charge in [-0.1, -0.05) is 12.1 Å². The lowest BCUT2D eigenvalue weighted by atomic mass is 10.0. The molecule has 2 amide bonds. The van der Waals surface area contributed by atoms with Crippen LogP contribution in [0.2, 0.25) is 0 Å². The van der Waals surface area contributed by atoms with Crippen LogP contribution in [0, 0.1) is 0 Å². The molecule has 2 atom stereocenters. The van der Waals surface area contributed by atoms with E-state index in [0.717, 1.165) is 16.5 Å². The van der Waals surface area contributed by atoms with Gasteiger partial charge in [0.1, 0.15) is 0 Å². The Morgan fingerprint density at radius 3 is 2.85 bits per heavy atom. The predicted molar refractivity (Wildman–Crippen MR) is 97.4 cm³/mol. The third kappa shape index (κ3) is 2.90. The van der Waals surface area contributed by atoms with E-state index < -0.39 is 0 Å². The lowest BCUT2D eigenvalue weighted by molar-refractivity contribution is -0.127. The largest absolute Gasteiger partial charge is 0.346 e. The van der Waals surface area contributed by atoms with E-state index >= 15 is 0 Å². The van der Waals surface area contributed by atoms with Gasteiger partial charge >= 0.3 is 0 Å². The first-order chi connectivity index (χ1) is 12.6. The number of hydrogen-bond acceptors (Lipinski definition) is 4. The second-order valence-electron chi connectivity index (χ2n) is 6.43. The molecule has 6 heteroatoms. The molecule has 0 aliphatic carbocycles. The number of fused-ring (bicyclic) bond motifs is 1. The summed E-state index contributed by atoms with van der Waals surface area (Å²) in [7, 11) is 1.76. The van der Waals surface area contributed by atoms with E-state index in [0.29, 0.717) is 5.56 Å². The molecule has 1 fully saturated rings. The van der Waals surface area contributed by atoms with Crippen molar-refractivity contribution >= 4 is 22.7 Å². The molecule has 1 N–H and O–H groups in total. The van der Waals surface area contributed by atoms with Crippen LogP contribution in [0.4, 0.5) is 0 Å². The Bertz CT molecular complexity index is 974. The maximum atomic E-state index is 12.8. The fraction of sp³-hybridized carbons (Fsp3) is 0.200. The number of hydrogen-bond donors (Lipinski definition) is 1. The van der Waals surface area contributed by atoms with Crippen LogP contribution >= 0.6 is 0 Å². The monoisotopic (exact) mass is 346 g/mol. The zero-order valence-electron chi connectivity index (χ0n) is 14.3. The topological polar surface area (TPSA) is 75.2 Å². The minimum atomic E-state index is -0.297. The first kappa shape index (κ1) is 16.2. The molecule has 26 heavy (non-hydrogen) atoms. The summed E-state index contributed by atoms with van der Waals surface area (Å²) in [6.45, 7) is 0. The summed E-state index contributed by atoms with van der Waals surface area (Å²) in [5.74, 6) is -0.190. The molecule has 0 saturated carbocycles. The average molecular weight is 346 g/mol. The van der Waals surface area contributed by atoms with Gasteiger partial charge in [0.05, 0.1) is 17.6 Å².